The summed E-state index contributed by atoms with van der Waals surface area (Å²) in [5.41, 5.74) is -0.0127. The van der Waals surface area contributed by atoms with E-state index >= 15 is 0 Å². The molecule has 0 aliphatic rings. The lowest BCUT2D eigenvalue weighted by Gasteiger charge is -2.10. The Morgan fingerprint density at radius 3 is 2.48 bits per heavy atom. The second-order valence-electron chi connectivity index (χ2n) is 4.38. The zero-order valence-corrected chi connectivity index (χ0v) is 15.0. The van der Waals surface area contributed by atoms with Gasteiger partial charge in [0.25, 0.3) is 10.0 Å². The first-order valence-corrected chi connectivity index (χ1v) is 9.21. The predicted octanol–water partition coefficient (Wildman–Crippen LogP) is 3.47. The molecule has 2 aromatic rings. The van der Waals surface area contributed by atoms with Crippen LogP contribution in [0, 0.1) is 17.4 Å². The fraction of sp³-hybridized carbons (Fsp3) is 0.154. The van der Waals surface area contributed by atoms with Crippen LogP contribution < -0.4 is 4.72 Å². The van der Waals surface area contributed by atoms with Crippen molar-refractivity contribution in [1.29, 1.82) is 0 Å². The Morgan fingerprint density at radius 1 is 1.29 bits per heavy atom. The average Bonchev–Trinajstić information content (AvgIpc) is 2.71. The standard InChI is InChI=1S/C13H12INO4S2/c1-7-5-12(8(2)20-7)21(18,19)15-11-4-3-9(14)6-10(11)13(16)17/h3-6,15H,1-2H3,(H,16,17). The van der Waals surface area contributed by atoms with E-state index in [0.717, 1.165) is 8.45 Å². The Hall–Kier alpha value is -1.13. The highest BCUT2D eigenvalue weighted by atomic mass is 127. The summed E-state index contributed by atoms with van der Waals surface area (Å²) >= 11 is 3.36. The second-order valence-corrected chi connectivity index (χ2v) is 8.73. The van der Waals surface area contributed by atoms with Gasteiger partial charge in [0, 0.05) is 13.3 Å². The third-order valence-corrected chi connectivity index (χ3v) is 6.00. The van der Waals surface area contributed by atoms with E-state index < -0.39 is 16.0 Å². The van der Waals surface area contributed by atoms with E-state index in [0.29, 0.717) is 4.88 Å². The van der Waals surface area contributed by atoms with E-state index in [-0.39, 0.29) is 16.1 Å². The van der Waals surface area contributed by atoms with Gasteiger partial charge in [-0.3, -0.25) is 4.72 Å². The van der Waals surface area contributed by atoms with Gasteiger partial charge < -0.3 is 5.11 Å². The summed E-state index contributed by atoms with van der Waals surface area (Å²) in [6, 6.07) is 6.11. The van der Waals surface area contributed by atoms with Crippen molar-refractivity contribution >= 4 is 55.6 Å². The van der Waals surface area contributed by atoms with Gasteiger partial charge >= 0.3 is 5.97 Å². The van der Waals surface area contributed by atoms with Crippen molar-refractivity contribution in [3.05, 3.63) is 43.2 Å². The van der Waals surface area contributed by atoms with Gasteiger partial charge in [0.15, 0.2) is 0 Å². The maximum atomic E-state index is 12.4. The molecule has 0 aliphatic heterocycles. The highest BCUT2D eigenvalue weighted by Crippen LogP contribution is 2.28. The number of hydrogen-bond acceptors (Lipinski definition) is 4. The lowest BCUT2D eigenvalue weighted by molar-refractivity contribution is 0.0698. The lowest BCUT2D eigenvalue weighted by atomic mass is 10.2. The molecule has 1 heterocycles. The minimum absolute atomic E-state index is 0.0613. The number of carboxylic acid groups (broad SMARTS) is 1. The van der Waals surface area contributed by atoms with Crippen LogP contribution in [0.3, 0.4) is 0 Å². The summed E-state index contributed by atoms with van der Waals surface area (Å²) in [6.45, 7) is 3.54. The first-order valence-electron chi connectivity index (χ1n) is 5.83. The highest BCUT2D eigenvalue weighted by Gasteiger charge is 2.22. The fourth-order valence-corrected chi connectivity index (χ4v) is 4.98. The first kappa shape index (κ1) is 16.2. The van der Waals surface area contributed by atoms with Crippen molar-refractivity contribution in [2.75, 3.05) is 4.72 Å². The van der Waals surface area contributed by atoms with Gasteiger partial charge in [0.1, 0.15) is 4.90 Å². The molecule has 0 aliphatic carbocycles. The molecule has 21 heavy (non-hydrogen) atoms. The summed E-state index contributed by atoms with van der Waals surface area (Å²) in [4.78, 5) is 13.0. The van der Waals surface area contributed by atoms with E-state index in [1.165, 1.54) is 23.5 Å². The van der Waals surface area contributed by atoms with Crippen molar-refractivity contribution in [1.82, 2.24) is 0 Å². The van der Waals surface area contributed by atoms with Gasteiger partial charge in [-0.2, -0.15) is 0 Å². The number of carbonyl (C=O) groups is 1. The highest BCUT2D eigenvalue weighted by molar-refractivity contribution is 14.1. The molecular formula is C13H12INO4S2. The maximum Gasteiger partial charge on any atom is 0.337 e. The molecule has 8 heteroatoms. The first-order chi connectivity index (χ1) is 9.70. The number of aromatic carboxylic acids is 1. The number of anilines is 1. The Labute approximate surface area is 140 Å². The third kappa shape index (κ3) is 3.55. The van der Waals surface area contributed by atoms with Gasteiger partial charge in [-0.05, 0) is 60.7 Å². The zero-order valence-electron chi connectivity index (χ0n) is 11.2. The summed E-state index contributed by atoms with van der Waals surface area (Å²) in [6.07, 6.45) is 0. The van der Waals surface area contributed by atoms with Gasteiger partial charge in [0.05, 0.1) is 11.3 Å². The monoisotopic (exact) mass is 437 g/mol. The van der Waals surface area contributed by atoms with Crippen molar-refractivity contribution in [3.63, 3.8) is 0 Å². The third-order valence-electron chi connectivity index (χ3n) is 2.74. The SMILES string of the molecule is Cc1cc(S(=O)(=O)Nc2ccc(I)cc2C(=O)O)c(C)s1. The molecule has 112 valence electrons. The second kappa shape index (κ2) is 5.93. The van der Waals surface area contributed by atoms with Gasteiger partial charge in [-0.15, -0.1) is 11.3 Å². The normalized spacial score (nSPS) is 11.4. The zero-order chi connectivity index (χ0) is 15.8. The number of benzene rings is 1. The quantitative estimate of drug-likeness (QED) is 0.718. The molecule has 0 unspecified atom stereocenters. The van der Waals surface area contributed by atoms with E-state index in [1.807, 2.05) is 29.5 Å². The fourth-order valence-electron chi connectivity index (χ4n) is 1.86. The van der Waals surface area contributed by atoms with Crippen LogP contribution in [0.2, 0.25) is 0 Å². The molecule has 2 rings (SSSR count). The van der Waals surface area contributed by atoms with Crippen molar-refractivity contribution in [2.24, 2.45) is 0 Å². The summed E-state index contributed by atoms with van der Waals surface area (Å²) in [5.74, 6) is -1.18. The number of thiophene rings is 1. The molecule has 1 aromatic heterocycles. The number of rotatable bonds is 4. The van der Waals surface area contributed by atoms with E-state index in [4.69, 9.17) is 0 Å². The minimum atomic E-state index is -3.80. The Bertz CT molecular complexity index is 812. The Kier molecular flexibility index (Phi) is 4.59. The van der Waals surface area contributed by atoms with Crippen LogP contribution in [0.1, 0.15) is 20.1 Å². The van der Waals surface area contributed by atoms with Gasteiger partial charge in [-0.1, -0.05) is 0 Å². The number of hydrogen-bond donors (Lipinski definition) is 2. The molecule has 5 nitrogen and oxygen atoms in total. The van der Waals surface area contributed by atoms with E-state index in [1.54, 1.807) is 19.1 Å². The minimum Gasteiger partial charge on any atom is -0.478 e. The van der Waals surface area contributed by atoms with Crippen LogP contribution in [0.15, 0.2) is 29.2 Å². The smallest absolute Gasteiger partial charge is 0.337 e. The van der Waals surface area contributed by atoms with Gasteiger partial charge in [0.2, 0.25) is 0 Å². The Balaban J connectivity index is 2.47. The van der Waals surface area contributed by atoms with Crippen molar-refractivity contribution in [3.8, 4) is 0 Å². The molecule has 1 aromatic carbocycles. The Morgan fingerprint density at radius 2 is 1.95 bits per heavy atom. The largest absolute Gasteiger partial charge is 0.478 e. The van der Waals surface area contributed by atoms with Crippen molar-refractivity contribution in [2.45, 2.75) is 18.7 Å². The summed E-state index contributed by atoms with van der Waals surface area (Å²) in [7, 11) is -3.80. The molecule has 0 saturated carbocycles. The molecule has 0 fully saturated rings. The van der Waals surface area contributed by atoms with Crippen LogP contribution in [0.4, 0.5) is 5.69 Å². The van der Waals surface area contributed by atoms with E-state index in [9.17, 15) is 18.3 Å². The topological polar surface area (TPSA) is 83.5 Å². The summed E-state index contributed by atoms with van der Waals surface area (Å²) < 4.78 is 27.9. The van der Waals surface area contributed by atoms with Gasteiger partial charge in [-0.25, -0.2) is 13.2 Å². The molecule has 0 spiro atoms. The lowest BCUT2D eigenvalue weighted by Crippen LogP contribution is -2.16. The number of nitrogens with one attached hydrogen (secondary N) is 1. The maximum absolute atomic E-state index is 12.4. The average molecular weight is 437 g/mol. The van der Waals surface area contributed by atoms with Crippen molar-refractivity contribution < 1.29 is 18.3 Å². The van der Waals surface area contributed by atoms with E-state index in [2.05, 4.69) is 4.72 Å². The predicted molar refractivity (Wildman–Crippen MR) is 90.7 cm³/mol. The van der Waals surface area contributed by atoms with Crippen LogP contribution in [0.25, 0.3) is 0 Å². The number of halogens is 1. The molecule has 0 radical (unpaired) electrons. The van der Waals surface area contributed by atoms with Crippen LogP contribution in [0.5, 0.6) is 0 Å². The molecule has 0 saturated heterocycles. The summed E-state index contributed by atoms with van der Waals surface area (Å²) in [5, 5.41) is 9.18. The number of sulfonamides is 1. The van der Waals surface area contributed by atoms with Crippen LogP contribution in [-0.4, -0.2) is 19.5 Å². The van der Waals surface area contributed by atoms with Crippen LogP contribution >= 0.6 is 33.9 Å². The van der Waals surface area contributed by atoms with Crippen LogP contribution in [-0.2, 0) is 10.0 Å². The molecule has 0 bridgehead atoms. The molecular weight excluding hydrogens is 425 g/mol. The molecule has 0 atom stereocenters. The number of aryl methyl sites for hydroxylation is 2. The molecule has 2 N–H and O–H groups in total. The number of carboxylic acids is 1. The molecule has 0 amide bonds.